The molecule has 4 rings (SSSR count). The Morgan fingerprint density at radius 1 is 1.23 bits per heavy atom. The Bertz CT molecular complexity index is 1040. The van der Waals surface area contributed by atoms with Crippen molar-refractivity contribution in [3.8, 4) is 5.75 Å². The van der Waals surface area contributed by atoms with E-state index < -0.39 is 11.5 Å². The minimum atomic E-state index is -1.18. The summed E-state index contributed by atoms with van der Waals surface area (Å²) in [5.41, 5.74) is 0.655. The molecular weight excluding hydrogens is 437 g/mol. The van der Waals surface area contributed by atoms with Gasteiger partial charge in [-0.15, -0.1) is 0 Å². The largest absolute Gasteiger partial charge is 0.495 e. The molecular formula is C23H25Cl2N3O3. The zero-order valence-corrected chi connectivity index (χ0v) is 19.1. The molecule has 31 heavy (non-hydrogen) atoms. The van der Waals surface area contributed by atoms with Crippen LogP contribution in [0.5, 0.6) is 5.75 Å². The van der Waals surface area contributed by atoms with Crippen LogP contribution in [0.2, 0.25) is 10.0 Å². The molecule has 2 aromatic rings. The van der Waals surface area contributed by atoms with Crippen LogP contribution in [0.25, 0.3) is 0 Å². The zero-order chi connectivity index (χ0) is 22.3. The number of anilines is 2. The second-order valence-corrected chi connectivity index (χ2v) is 9.42. The molecule has 0 unspecified atom stereocenters. The highest BCUT2D eigenvalue weighted by molar-refractivity contribution is 6.31. The molecule has 1 saturated heterocycles. The van der Waals surface area contributed by atoms with E-state index in [1.807, 2.05) is 0 Å². The van der Waals surface area contributed by atoms with E-state index in [2.05, 4.69) is 29.8 Å². The molecule has 2 amide bonds. The highest BCUT2D eigenvalue weighted by Crippen LogP contribution is 2.49. The number of hydrogen-bond acceptors (Lipinski definition) is 4. The second kappa shape index (κ2) is 8.34. The van der Waals surface area contributed by atoms with Crippen molar-refractivity contribution in [2.24, 2.45) is 11.8 Å². The van der Waals surface area contributed by atoms with E-state index in [0.717, 1.165) is 6.42 Å². The lowest BCUT2D eigenvalue weighted by atomic mass is 9.79. The van der Waals surface area contributed by atoms with Gasteiger partial charge < -0.3 is 15.4 Å². The van der Waals surface area contributed by atoms with Crippen LogP contribution in [0.4, 0.5) is 11.4 Å². The topological polar surface area (TPSA) is 79.5 Å². The molecule has 2 aliphatic rings. The Labute approximate surface area is 191 Å². The number of hydrogen-bond donors (Lipinski definition) is 3. The van der Waals surface area contributed by atoms with Gasteiger partial charge in [0.2, 0.25) is 11.8 Å². The van der Waals surface area contributed by atoms with Crippen molar-refractivity contribution in [2.45, 2.75) is 38.3 Å². The van der Waals surface area contributed by atoms with Gasteiger partial charge in [0.05, 0.1) is 18.7 Å². The molecule has 1 spiro atoms. The van der Waals surface area contributed by atoms with Gasteiger partial charge in [-0.3, -0.25) is 14.9 Å². The van der Waals surface area contributed by atoms with E-state index in [1.54, 1.807) is 36.4 Å². The van der Waals surface area contributed by atoms with Crippen molar-refractivity contribution in [1.29, 1.82) is 0 Å². The molecule has 0 aromatic heterocycles. The molecule has 8 heteroatoms. The fourth-order valence-electron chi connectivity index (χ4n) is 4.75. The van der Waals surface area contributed by atoms with E-state index in [1.165, 1.54) is 7.11 Å². The number of fused-ring (bicyclic) bond motifs is 2. The van der Waals surface area contributed by atoms with E-state index in [4.69, 9.17) is 27.9 Å². The van der Waals surface area contributed by atoms with Gasteiger partial charge in [-0.1, -0.05) is 37.0 Å². The second-order valence-electron chi connectivity index (χ2n) is 8.54. The predicted octanol–water partition coefficient (Wildman–Crippen LogP) is 4.81. The lowest BCUT2D eigenvalue weighted by Crippen LogP contribution is -2.52. The third-order valence-corrected chi connectivity index (χ3v) is 6.45. The zero-order valence-electron chi connectivity index (χ0n) is 17.6. The molecule has 3 N–H and O–H groups in total. The van der Waals surface area contributed by atoms with Crippen molar-refractivity contribution in [2.75, 3.05) is 17.7 Å². The molecule has 0 radical (unpaired) electrons. The lowest BCUT2D eigenvalue weighted by molar-refractivity contribution is -0.130. The number of nitrogens with one attached hydrogen (secondary N) is 3. The van der Waals surface area contributed by atoms with Gasteiger partial charge >= 0.3 is 0 Å². The standard InChI is InChI=1S/C23H25Cl2N3O3/c1-12(2)8-15-11-17(21(29)26-19-10-14(25)5-7-20(19)31-3)23(28-15)16-9-13(24)4-6-18(16)27-22(23)30/h4-7,9-10,12,15,17,28H,8,11H2,1-3H3,(H,26,29)(H,27,30)/t15-,17+,23-/m1/s1. The lowest BCUT2D eigenvalue weighted by Gasteiger charge is -2.29. The van der Waals surface area contributed by atoms with E-state index >= 15 is 0 Å². The molecule has 1 fully saturated rings. The van der Waals surface area contributed by atoms with Crippen LogP contribution >= 0.6 is 23.2 Å². The summed E-state index contributed by atoms with van der Waals surface area (Å²) >= 11 is 12.4. The molecule has 0 aliphatic carbocycles. The molecule has 2 aliphatic heterocycles. The average molecular weight is 462 g/mol. The van der Waals surface area contributed by atoms with Crippen LogP contribution in [-0.4, -0.2) is 25.0 Å². The minimum absolute atomic E-state index is 0.00712. The summed E-state index contributed by atoms with van der Waals surface area (Å²) in [6.45, 7) is 4.25. The first-order valence-corrected chi connectivity index (χ1v) is 11.0. The fourth-order valence-corrected chi connectivity index (χ4v) is 5.10. The summed E-state index contributed by atoms with van der Waals surface area (Å²) < 4.78 is 5.36. The van der Waals surface area contributed by atoms with Gasteiger partial charge in [-0.25, -0.2) is 0 Å². The minimum Gasteiger partial charge on any atom is -0.495 e. The summed E-state index contributed by atoms with van der Waals surface area (Å²) in [6, 6.07) is 10.3. The number of rotatable bonds is 5. The number of benzene rings is 2. The highest BCUT2D eigenvalue weighted by atomic mass is 35.5. The SMILES string of the molecule is COc1ccc(Cl)cc1NC(=O)[C@@H]1C[C@@H](CC(C)C)N[C@@]12C(=O)Nc1ccc(Cl)cc12. The first-order chi connectivity index (χ1) is 14.7. The van der Waals surface area contributed by atoms with Gasteiger partial charge in [0.1, 0.15) is 11.3 Å². The average Bonchev–Trinajstić information content (AvgIpc) is 3.21. The molecule has 2 heterocycles. The van der Waals surface area contributed by atoms with Crippen LogP contribution in [0.1, 0.15) is 32.3 Å². The Kier molecular flexibility index (Phi) is 5.90. The molecule has 0 bridgehead atoms. The summed E-state index contributed by atoms with van der Waals surface area (Å²) in [7, 11) is 1.53. The number of carbonyl (C=O) groups is 2. The molecule has 2 aromatic carbocycles. The molecule has 0 saturated carbocycles. The summed E-state index contributed by atoms with van der Waals surface area (Å²) in [5, 5.41) is 10.3. The Hall–Kier alpha value is -2.28. The van der Waals surface area contributed by atoms with Crippen LogP contribution in [0.15, 0.2) is 36.4 Å². The quantitative estimate of drug-likeness (QED) is 0.596. The number of carbonyl (C=O) groups excluding carboxylic acids is 2. The Balaban J connectivity index is 1.74. The smallest absolute Gasteiger partial charge is 0.250 e. The fraction of sp³-hybridized carbons (Fsp3) is 0.391. The maximum absolute atomic E-state index is 13.6. The Morgan fingerprint density at radius 2 is 1.94 bits per heavy atom. The number of ether oxygens (including phenoxy) is 1. The first kappa shape index (κ1) is 21.9. The third-order valence-electron chi connectivity index (χ3n) is 5.98. The van der Waals surface area contributed by atoms with Gasteiger partial charge in [-0.05, 0) is 55.2 Å². The van der Waals surface area contributed by atoms with Crippen LogP contribution < -0.4 is 20.7 Å². The van der Waals surface area contributed by atoms with Crippen molar-refractivity contribution in [3.63, 3.8) is 0 Å². The summed E-state index contributed by atoms with van der Waals surface area (Å²) in [4.78, 5) is 26.9. The monoisotopic (exact) mass is 461 g/mol. The third kappa shape index (κ3) is 3.88. The van der Waals surface area contributed by atoms with E-state index in [9.17, 15) is 9.59 Å². The molecule has 164 valence electrons. The normalized spacial score (nSPS) is 24.4. The summed E-state index contributed by atoms with van der Waals surface area (Å²) in [5.74, 6) is -0.250. The maximum Gasteiger partial charge on any atom is 0.250 e. The van der Waals surface area contributed by atoms with E-state index in [0.29, 0.717) is 45.1 Å². The highest BCUT2D eigenvalue weighted by Gasteiger charge is 2.60. The van der Waals surface area contributed by atoms with Gasteiger partial charge in [-0.2, -0.15) is 0 Å². The van der Waals surface area contributed by atoms with Crippen molar-refractivity contribution in [3.05, 3.63) is 52.0 Å². The summed E-state index contributed by atoms with van der Waals surface area (Å²) in [6.07, 6.45) is 1.36. The van der Waals surface area contributed by atoms with Gasteiger partial charge in [0, 0.05) is 27.3 Å². The first-order valence-electron chi connectivity index (χ1n) is 10.3. The van der Waals surface area contributed by atoms with Crippen molar-refractivity contribution in [1.82, 2.24) is 5.32 Å². The molecule has 6 nitrogen and oxygen atoms in total. The van der Waals surface area contributed by atoms with Gasteiger partial charge in [0.15, 0.2) is 0 Å². The van der Waals surface area contributed by atoms with Crippen LogP contribution in [-0.2, 0) is 15.1 Å². The van der Waals surface area contributed by atoms with Crippen LogP contribution in [0, 0.1) is 11.8 Å². The number of amides is 2. The number of halogens is 2. The van der Waals surface area contributed by atoms with Crippen molar-refractivity contribution < 1.29 is 14.3 Å². The van der Waals surface area contributed by atoms with E-state index in [-0.39, 0.29) is 17.9 Å². The van der Waals surface area contributed by atoms with Crippen LogP contribution in [0.3, 0.4) is 0 Å². The Morgan fingerprint density at radius 3 is 2.65 bits per heavy atom. The van der Waals surface area contributed by atoms with Gasteiger partial charge in [0.25, 0.3) is 0 Å². The number of methoxy groups -OCH3 is 1. The maximum atomic E-state index is 13.6. The van der Waals surface area contributed by atoms with Crippen molar-refractivity contribution >= 4 is 46.4 Å². The molecule has 3 atom stereocenters. The predicted molar refractivity (Wildman–Crippen MR) is 123 cm³/mol.